The zero-order chi connectivity index (χ0) is 15.5. The van der Waals surface area contributed by atoms with E-state index in [1.165, 1.54) is 22.2 Å². The molecule has 0 spiro atoms. The Labute approximate surface area is 135 Å². The molecule has 5 nitrogen and oxygen atoms in total. The molecular formula is C15H15N3O2S2. The number of hydrogen-bond donors (Lipinski definition) is 0. The molecule has 0 atom stereocenters. The van der Waals surface area contributed by atoms with Gasteiger partial charge < -0.3 is 4.90 Å². The Morgan fingerprint density at radius 1 is 1.36 bits per heavy atom. The van der Waals surface area contributed by atoms with Crippen LogP contribution in [-0.2, 0) is 17.9 Å². The van der Waals surface area contributed by atoms with Crippen molar-refractivity contribution in [2.45, 2.75) is 19.5 Å². The number of nitrogens with zero attached hydrogens (tertiary/aromatic N) is 3. The molecule has 7 heteroatoms. The van der Waals surface area contributed by atoms with Crippen LogP contribution in [0.3, 0.4) is 0 Å². The zero-order valence-electron chi connectivity index (χ0n) is 12.1. The predicted octanol–water partition coefficient (Wildman–Crippen LogP) is 2.57. The fourth-order valence-corrected chi connectivity index (χ4v) is 3.59. The van der Waals surface area contributed by atoms with Crippen LogP contribution in [0.2, 0.25) is 0 Å². The molecule has 0 radical (unpaired) electrons. The first-order chi connectivity index (χ1) is 10.6. The fourth-order valence-electron chi connectivity index (χ4n) is 2.20. The van der Waals surface area contributed by atoms with Gasteiger partial charge in [0, 0.05) is 26.6 Å². The number of carbonyl (C=O) groups is 1. The van der Waals surface area contributed by atoms with Gasteiger partial charge in [0.05, 0.1) is 11.7 Å². The van der Waals surface area contributed by atoms with E-state index in [1.54, 1.807) is 29.4 Å². The number of amides is 1. The van der Waals surface area contributed by atoms with Crippen molar-refractivity contribution in [3.8, 4) is 0 Å². The Hall–Kier alpha value is -1.99. The molecule has 22 heavy (non-hydrogen) atoms. The van der Waals surface area contributed by atoms with Gasteiger partial charge in [-0.2, -0.15) is 11.3 Å². The second kappa shape index (κ2) is 6.41. The molecule has 1 amide bonds. The van der Waals surface area contributed by atoms with Crippen molar-refractivity contribution in [1.29, 1.82) is 0 Å². The van der Waals surface area contributed by atoms with Gasteiger partial charge in [-0.05, 0) is 33.8 Å². The first-order valence-corrected chi connectivity index (χ1v) is 8.65. The highest BCUT2D eigenvalue weighted by molar-refractivity contribution is 7.16. The van der Waals surface area contributed by atoms with Crippen molar-refractivity contribution in [2.75, 3.05) is 7.05 Å². The predicted molar refractivity (Wildman–Crippen MR) is 89.3 cm³/mol. The molecule has 114 valence electrons. The highest BCUT2D eigenvalue weighted by atomic mass is 32.1. The largest absolute Gasteiger partial charge is 0.341 e. The first-order valence-electron chi connectivity index (χ1n) is 6.83. The lowest BCUT2D eigenvalue weighted by Gasteiger charge is -2.16. The van der Waals surface area contributed by atoms with Crippen LogP contribution in [0.5, 0.6) is 0 Å². The topological polar surface area (TPSA) is 55.2 Å². The molecule has 0 bridgehead atoms. The van der Waals surface area contributed by atoms with Crippen LogP contribution in [0.4, 0.5) is 0 Å². The van der Waals surface area contributed by atoms with E-state index in [-0.39, 0.29) is 17.9 Å². The smallest absolute Gasteiger partial charge is 0.262 e. The van der Waals surface area contributed by atoms with E-state index in [0.29, 0.717) is 18.5 Å². The van der Waals surface area contributed by atoms with Crippen molar-refractivity contribution in [1.82, 2.24) is 14.5 Å². The van der Waals surface area contributed by atoms with Gasteiger partial charge in [-0.1, -0.05) is 0 Å². The Kier molecular flexibility index (Phi) is 4.35. The minimum Gasteiger partial charge on any atom is -0.341 e. The van der Waals surface area contributed by atoms with Crippen LogP contribution in [0, 0.1) is 0 Å². The lowest BCUT2D eigenvalue weighted by molar-refractivity contribution is -0.130. The van der Waals surface area contributed by atoms with Gasteiger partial charge in [-0.25, -0.2) is 4.98 Å². The van der Waals surface area contributed by atoms with E-state index >= 15 is 0 Å². The molecule has 3 aromatic heterocycles. The van der Waals surface area contributed by atoms with Gasteiger partial charge in [-0.15, -0.1) is 11.3 Å². The fraction of sp³-hybridized carbons (Fsp3) is 0.267. The molecule has 0 aromatic carbocycles. The monoisotopic (exact) mass is 333 g/mol. The minimum atomic E-state index is -0.0838. The number of aromatic nitrogens is 2. The van der Waals surface area contributed by atoms with Crippen molar-refractivity contribution in [3.63, 3.8) is 0 Å². The summed E-state index contributed by atoms with van der Waals surface area (Å²) in [5.41, 5.74) is 1.04. The number of thiophene rings is 2. The summed E-state index contributed by atoms with van der Waals surface area (Å²) in [4.78, 5) is 31.1. The first kappa shape index (κ1) is 14.9. The molecule has 0 N–H and O–H groups in total. The van der Waals surface area contributed by atoms with Gasteiger partial charge in [0.15, 0.2) is 0 Å². The van der Waals surface area contributed by atoms with E-state index in [9.17, 15) is 9.59 Å². The molecule has 0 unspecified atom stereocenters. The second-order valence-corrected chi connectivity index (χ2v) is 6.69. The van der Waals surface area contributed by atoms with E-state index in [1.807, 2.05) is 22.2 Å². The van der Waals surface area contributed by atoms with Gasteiger partial charge >= 0.3 is 0 Å². The molecule has 3 heterocycles. The molecule has 0 fully saturated rings. The van der Waals surface area contributed by atoms with Crippen LogP contribution < -0.4 is 5.56 Å². The molecular weight excluding hydrogens is 318 g/mol. The van der Waals surface area contributed by atoms with Crippen LogP contribution >= 0.6 is 22.7 Å². The molecule has 3 aromatic rings. The minimum absolute atomic E-state index is 0.0171. The average Bonchev–Trinajstić information content (AvgIpc) is 3.17. The quantitative estimate of drug-likeness (QED) is 0.721. The normalized spacial score (nSPS) is 11.0. The summed E-state index contributed by atoms with van der Waals surface area (Å²) < 4.78 is 1.51. The maximum atomic E-state index is 12.2. The lowest BCUT2D eigenvalue weighted by Crippen LogP contribution is -2.29. The van der Waals surface area contributed by atoms with E-state index in [0.717, 1.165) is 10.4 Å². The SMILES string of the molecule is CN(Cc1ccsc1)C(=O)CCn1cnc2sccc2c1=O. The average molecular weight is 333 g/mol. The third-order valence-electron chi connectivity index (χ3n) is 3.44. The Morgan fingerprint density at radius 2 is 2.23 bits per heavy atom. The second-order valence-electron chi connectivity index (χ2n) is 5.01. The summed E-state index contributed by atoms with van der Waals surface area (Å²) in [5, 5.41) is 6.49. The van der Waals surface area contributed by atoms with Crippen LogP contribution in [0.15, 0.2) is 39.4 Å². The maximum absolute atomic E-state index is 12.2. The van der Waals surface area contributed by atoms with E-state index < -0.39 is 0 Å². The number of aryl methyl sites for hydroxylation is 1. The third kappa shape index (κ3) is 3.10. The molecule has 0 saturated heterocycles. The molecule has 0 aliphatic heterocycles. The highest BCUT2D eigenvalue weighted by Crippen LogP contribution is 2.13. The molecule has 0 aliphatic rings. The standard InChI is InChI=1S/C15H15N3O2S2/c1-17(8-11-3-6-21-9-11)13(19)2-5-18-10-16-14-12(15(18)20)4-7-22-14/h3-4,6-7,9-10H,2,5,8H2,1H3. The Morgan fingerprint density at radius 3 is 3.00 bits per heavy atom. The number of rotatable bonds is 5. The molecule has 0 aliphatic carbocycles. The summed E-state index contributed by atoms with van der Waals surface area (Å²) in [6, 6.07) is 3.78. The number of fused-ring (bicyclic) bond motifs is 1. The van der Waals surface area contributed by atoms with Gasteiger partial charge in [0.25, 0.3) is 5.56 Å². The zero-order valence-corrected chi connectivity index (χ0v) is 13.7. The lowest BCUT2D eigenvalue weighted by atomic mass is 10.3. The van der Waals surface area contributed by atoms with Crippen LogP contribution in [-0.4, -0.2) is 27.4 Å². The summed E-state index contributed by atoms with van der Waals surface area (Å²) in [5.74, 6) is 0.0171. The van der Waals surface area contributed by atoms with Crippen molar-refractivity contribution in [2.24, 2.45) is 0 Å². The Bertz CT molecular complexity index is 836. The van der Waals surface area contributed by atoms with E-state index in [2.05, 4.69) is 4.98 Å². The molecule has 0 saturated carbocycles. The Balaban J connectivity index is 1.64. The summed E-state index contributed by atoms with van der Waals surface area (Å²) in [6.07, 6.45) is 1.81. The van der Waals surface area contributed by atoms with Crippen molar-refractivity contribution in [3.05, 3.63) is 50.5 Å². The maximum Gasteiger partial charge on any atom is 0.262 e. The number of carbonyl (C=O) groups excluding carboxylic acids is 1. The third-order valence-corrected chi connectivity index (χ3v) is 5.00. The van der Waals surface area contributed by atoms with Crippen LogP contribution in [0.25, 0.3) is 10.2 Å². The molecule has 3 rings (SSSR count). The van der Waals surface area contributed by atoms with Crippen molar-refractivity contribution >= 4 is 38.8 Å². The van der Waals surface area contributed by atoms with Gasteiger partial charge in [0.1, 0.15) is 4.83 Å². The van der Waals surface area contributed by atoms with E-state index in [4.69, 9.17) is 0 Å². The summed E-state index contributed by atoms with van der Waals surface area (Å²) in [7, 11) is 1.78. The van der Waals surface area contributed by atoms with Crippen molar-refractivity contribution < 1.29 is 4.79 Å². The van der Waals surface area contributed by atoms with Crippen LogP contribution in [0.1, 0.15) is 12.0 Å². The van der Waals surface area contributed by atoms with Gasteiger partial charge in [0.2, 0.25) is 5.91 Å². The van der Waals surface area contributed by atoms with Gasteiger partial charge in [-0.3, -0.25) is 14.2 Å². The number of hydrogen-bond acceptors (Lipinski definition) is 5. The highest BCUT2D eigenvalue weighted by Gasteiger charge is 2.11. The summed E-state index contributed by atoms with van der Waals surface area (Å²) >= 11 is 3.06. The summed E-state index contributed by atoms with van der Waals surface area (Å²) in [6.45, 7) is 0.948.